The van der Waals surface area contributed by atoms with E-state index in [9.17, 15) is 0 Å². The van der Waals surface area contributed by atoms with Crippen molar-refractivity contribution in [1.29, 1.82) is 0 Å². The molecule has 0 saturated carbocycles. The third kappa shape index (κ3) is 2.86. The molecule has 1 aliphatic heterocycles. The minimum atomic E-state index is 0.593. The van der Waals surface area contributed by atoms with Crippen molar-refractivity contribution < 1.29 is 0 Å². The largest absolute Gasteiger partial charge is 0.383 e. The van der Waals surface area contributed by atoms with Crippen molar-refractivity contribution in [3.05, 3.63) is 27.7 Å². The standard InChI is InChI=1S/C11H14BrClN2/c12-11-9(13)4-1-5-10(11)15-7-8-3-2-6-14-8/h1,4-5,8,14-15H,2-3,6-7H2. The molecule has 2 nitrogen and oxygen atoms in total. The molecule has 0 amide bonds. The second-order valence-electron chi connectivity index (χ2n) is 3.78. The molecule has 0 aliphatic carbocycles. The van der Waals surface area contributed by atoms with Crippen molar-refractivity contribution in [2.24, 2.45) is 0 Å². The average molecular weight is 290 g/mol. The van der Waals surface area contributed by atoms with Crippen LogP contribution in [0.5, 0.6) is 0 Å². The minimum Gasteiger partial charge on any atom is -0.383 e. The van der Waals surface area contributed by atoms with E-state index in [4.69, 9.17) is 11.6 Å². The number of rotatable bonds is 3. The van der Waals surface area contributed by atoms with Gasteiger partial charge in [0.25, 0.3) is 0 Å². The molecule has 1 aromatic carbocycles. The topological polar surface area (TPSA) is 24.1 Å². The van der Waals surface area contributed by atoms with Crippen LogP contribution in [0.4, 0.5) is 5.69 Å². The van der Waals surface area contributed by atoms with Crippen molar-refractivity contribution >= 4 is 33.2 Å². The van der Waals surface area contributed by atoms with Crippen LogP contribution in [0.25, 0.3) is 0 Å². The Bertz CT molecular complexity index is 337. The summed E-state index contributed by atoms with van der Waals surface area (Å²) in [7, 11) is 0. The van der Waals surface area contributed by atoms with Crippen molar-refractivity contribution in [2.45, 2.75) is 18.9 Å². The number of nitrogens with one attached hydrogen (secondary N) is 2. The number of anilines is 1. The van der Waals surface area contributed by atoms with Gasteiger partial charge in [-0.3, -0.25) is 0 Å². The lowest BCUT2D eigenvalue weighted by atomic mass is 10.2. The first-order chi connectivity index (χ1) is 7.27. The van der Waals surface area contributed by atoms with E-state index >= 15 is 0 Å². The smallest absolute Gasteiger partial charge is 0.0593 e. The summed E-state index contributed by atoms with van der Waals surface area (Å²) in [6.07, 6.45) is 2.54. The summed E-state index contributed by atoms with van der Waals surface area (Å²) < 4.78 is 0.949. The quantitative estimate of drug-likeness (QED) is 0.892. The fraction of sp³-hybridized carbons (Fsp3) is 0.455. The van der Waals surface area contributed by atoms with Gasteiger partial charge in [0.15, 0.2) is 0 Å². The van der Waals surface area contributed by atoms with Gasteiger partial charge in [-0.25, -0.2) is 0 Å². The Labute approximate surface area is 104 Å². The lowest BCUT2D eigenvalue weighted by Gasteiger charge is -2.14. The van der Waals surface area contributed by atoms with Crippen molar-refractivity contribution in [3.63, 3.8) is 0 Å². The molecule has 4 heteroatoms. The molecule has 1 saturated heterocycles. The van der Waals surface area contributed by atoms with Gasteiger partial charge in [0.05, 0.1) is 9.50 Å². The lowest BCUT2D eigenvalue weighted by Crippen LogP contribution is -2.29. The summed E-state index contributed by atoms with van der Waals surface area (Å²) in [5.74, 6) is 0. The molecule has 82 valence electrons. The summed E-state index contributed by atoms with van der Waals surface area (Å²) in [4.78, 5) is 0. The maximum atomic E-state index is 6.01. The molecule has 1 aliphatic rings. The fourth-order valence-electron chi connectivity index (χ4n) is 1.80. The molecule has 0 spiro atoms. The molecule has 2 rings (SSSR count). The van der Waals surface area contributed by atoms with Crippen LogP contribution in [0.1, 0.15) is 12.8 Å². The molecule has 1 atom stereocenters. The summed E-state index contributed by atoms with van der Waals surface area (Å²) in [5, 5.41) is 7.60. The number of hydrogen-bond acceptors (Lipinski definition) is 2. The monoisotopic (exact) mass is 288 g/mol. The van der Waals surface area contributed by atoms with Crippen molar-refractivity contribution in [2.75, 3.05) is 18.4 Å². The average Bonchev–Trinajstić information content (AvgIpc) is 2.73. The first-order valence-corrected chi connectivity index (χ1v) is 6.36. The number of hydrogen-bond donors (Lipinski definition) is 2. The van der Waals surface area contributed by atoms with E-state index in [0.29, 0.717) is 6.04 Å². The molecule has 1 heterocycles. The van der Waals surface area contributed by atoms with Gasteiger partial charge < -0.3 is 10.6 Å². The second kappa shape index (κ2) is 5.19. The predicted octanol–water partition coefficient (Wildman–Crippen LogP) is 3.27. The van der Waals surface area contributed by atoms with E-state index in [1.54, 1.807) is 0 Å². The predicted molar refractivity (Wildman–Crippen MR) is 68.7 cm³/mol. The van der Waals surface area contributed by atoms with Crippen LogP contribution in [0, 0.1) is 0 Å². The summed E-state index contributed by atoms with van der Waals surface area (Å²) in [5.41, 5.74) is 1.07. The Kier molecular flexibility index (Phi) is 3.89. The molecular formula is C11H14BrClN2. The molecule has 15 heavy (non-hydrogen) atoms. The Morgan fingerprint density at radius 2 is 2.40 bits per heavy atom. The Hall–Kier alpha value is -0.250. The van der Waals surface area contributed by atoms with Crippen LogP contribution in [-0.4, -0.2) is 19.1 Å². The van der Waals surface area contributed by atoms with E-state index in [0.717, 1.165) is 28.3 Å². The zero-order valence-corrected chi connectivity index (χ0v) is 10.7. The van der Waals surface area contributed by atoms with Gasteiger partial charge in [0.2, 0.25) is 0 Å². The Balaban J connectivity index is 1.95. The Morgan fingerprint density at radius 3 is 3.13 bits per heavy atom. The van der Waals surface area contributed by atoms with E-state index in [2.05, 4.69) is 26.6 Å². The summed E-state index contributed by atoms with van der Waals surface area (Å²) in [6.45, 7) is 2.10. The van der Waals surface area contributed by atoms with Crippen LogP contribution in [0.15, 0.2) is 22.7 Å². The molecule has 2 N–H and O–H groups in total. The van der Waals surface area contributed by atoms with Crippen molar-refractivity contribution in [3.8, 4) is 0 Å². The van der Waals surface area contributed by atoms with E-state index in [1.165, 1.54) is 12.8 Å². The zero-order chi connectivity index (χ0) is 10.7. The van der Waals surface area contributed by atoms with Gasteiger partial charge in [-0.2, -0.15) is 0 Å². The summed E-state index contributed by atoms with van der Waals surface area (Å²) >= 11 is 9.48. The van der Waals surface area contributed by atoms with Gasteiger partial charge in [0.1, 0.15) is 0 Å². The normalized spacial score (nSPS) is 20.5. The molecule has 1 aromatic rings. The first-order valence-electron chi connectivity index (χ1n) is 5.18. The zero-order valence-electron chi connectivity index (χ0n) is 8.39. The third-order valence-corrected chi connectivity index (χ3v) is 4.05. The molecule has 0 bridgehead atoms. The molecule has 1 unspecified atom stereocenters. The SMILES string of the molecule is Clc1cccc(NCC2CCCN2)c1Br. The number of benzene rings is 1. The maximum absolute atomic E-state index is 6.01. The minimum absolute atomic E-state index is 0.593. The highest BCUT2D eigenvalue weighted by Crippen LogP contribution is 2.30. The van der Waals surface area contributed by atoms with Gasteiger partial charge in [-0.05, 0) is 47.4 Å². The fourth-order valence-corrected chi connectivity index (χ4v) is 2.38. The molecular weight excluding hydrogens is 275 g/mol. The molecule has 0 radical (unpaired) electrons. The Morgan fingerprint density at radius 1 is 1.53 bits per heavy atom. The van der Waals surface area contributed by atoms with Crippen LogP contribution in [0.2, 0.25) is 5.02 Å². The maximum Gasteiger partial charge on any atom is 0.0593 e. The second-order valence-corrected chi connectivity index (χ2v) is 4.98. The summed E-state index contributed by atoms with van der Waals surface area (Å²) in [6, 6.07) is 6.46. The van der Waals surface area contributed by atoms with Crippen LogP contribution in [-0.2, 0) is 0 Å². The van der Waals surface area contributed by atoms with Crippen molar-refractivity contribution in [1.82, 2.24) is 5.32 Å². The highest BCUT2D eigenvalue weighted by atomic mass is 79.9. The van der Waals surface area contributed by atoms with E-state index < -0.39 is 0 Å². The highest BCUT2D eigenvalue weighted by Gasteiger charge is 2.13. The molecule has 0 aromatic heterocycles. The van der Waals surface area contributed by atoms with Gasteiger partial charge in [-0.15, -0.1) is 0 Å². The first kappa shape index (κ1) is 11.2. The van der Waals surface area contributed by atoms with Crippen LogP contribution < -0.4 is 10.6 Å². The molecule has 1 fully saturated rings. The lowest BCUT2D eigenvalue weighted by molar-refractivity contribution is 0.633. The van der Waals surface area contributed by atoms with Gasteiger partial charge in [-0.1, -0.05) is 17.7 Å². The van der Waals surface area contributed by atoms with Gasteiger partial charge >= 0.3 is 0 Å². The van der Waals surface area contributed by atoms with Gasteiger partial charge in [0, 0.05) is 18.3 Å². The van der Waals surface area contributed by atoms with E-state index in [-0.39, 0.29) is 0 Å². The third-order valence-electron chi connectivity index (χ3n) is 2.65. The van der Waals surface area contributed by atoms with E-state index in [1.807, 2.05) is 18.2 Å². The number of halogens is 2. The highest BCUT2D eigenvalue weighted by molar-refractivity contribution is 9.10. The van der Waals surface area contributed by atoms with Crippen LogP contribution in [0.3, 0.4) is 0 Å². The van der Waals surface area contributed by atoms with Crippen LogP contribution >= 0.6 is 27.5 Å².